The van der Waals surface area contributed by atoms with Crippen LogP contribution in [0.3, 0.4) is 0 Å². The normalized spacial score (nSPS) is 13.0. The van der Waals surface area contributed by atoms with Crippen LogP contribution < -0.4 is 10.6 Å². The lowest BCUT2D eigenvalue weighted by atomic mass is 10.1. The van der Waals surface area contributed by atoms with Crippen molar-refractivity contribution < 1.29 is 13.7 Å². The van der Waals surface area contributed by atoms with Gasteiger partial charge in [0.25, 0.3) is 0 Å². The molecule has 0 spiro atoms. The fourth-order valence-electron chi connectivity index (χ4n) is 2.14. The summed E-state index contributed by atoms with van der Waals surface area (Å²) in [5.41, 5.74) is 2.63. The molecule has 5 nitrogen and oxygen atoms in total. The van der Waals surface area contributed by atoms with E-state index in [0.717, 1.165) is 16.1 Å². The number of hydrogen-bond donors (Lipinski definition) is 2. The summed E-state index contributed by atoms with van der Waals surface area (Å²) < 4.78 is 16.0. The molecule has 23 heavy (non-hydrogen) atoms. The minimum Gasteiger partial charge on any atom is -0.453 e. The van der Waals surface area contributed by atoms with Crippen molar-refractivity contribution >= 4 is 28.3 Å². The molecule has 0 fully saturated rings. The zero-order chi connectivity index (χ0) is 16.8. The number of ether oxygens (including phenoxy) is 1. The van der Waals surface area contributed by atoms with Crippen LogP contribution in [0.2, 0.25) is 0 Å². The van der Waals surface area contributed by atoms with Crippen LogP contribution in [-0.4, -0.2) is 23.7 Å². The quantitative estimate of drug-likeness (QED) is 0.874. The van der Waals surface area contributed by atoms with Crippen molar-refractivity contribution in [2.24, 2.45) is 0 Å². The summed E-state index contributed by atoms with van der Waals surface area (Å²) in [5.74, 6) is 0. The zero-order valence-corrected chi connectivity index (χ0v) is 14.1. The number of carbonyl (C=O) groups excluding carboxylic acids is 1. The topological polar surface area (TPSA) is 67.4 Å². The van der Waals surface area contributed by atoms with E-state index in [-0.39, 0.29) is 6.04 Å². The van der Waals surface area contributed by atoms with E-state index in [9.17, 15) is 9.00 Å². The molecule has 2 N–H and O–H groups in total. The van der Waals surface area contributed by atoms with E-state index < -0.39 is 16.9 Å². The second kappa shape index (κ2) is 7.78. The molecule has 0 radical (unpaired) electrons. The molecule has 0 aliphatic carbocycles. The lowest BCUT2D eigenvalue weighted by Crippen LogP contribution is -2.11. The Kier molecular flexibility index (Phi) is 5.76. The Hall–Kier alpha value is -2.34. The fraction of sp³-hybridized carbons (Fsp3) is 0.235. The van der Waals surface area contributed by atoms with Crippen molar-refractivity contribution in [3.05, 3.63) is 54.1 Å². The highest BCUT2D eigenvalue weighted by Crippen LogP contribution is 2.22. The van der Waals surface area contributed by atoms with Crippen LogP contribution in [0.25, 0.3) is 0 Å². The van der Waals surface area contributed by atoms with Gasteiger partial charge in [0.2, 0.25) is 0 Å². The van der Waals surface area contributed by atoms with Crippen LogP contribution in [0.15, 0.2) is 53.4 Å². The number of carbonyl (C=O) groups is 1. The van der Waals surface area contributed by atoms with Crippen molar-refractivity contribution in [3.63, 3.8) is 0 Å². The van der Waals surface area contributed by atoms with Crippen LogP contribution in [0, 0.1) is 0 Å². The SMILES string of the molecule is COC(=O)Nc1cccc(N[C@H](C)c2ccc([S@@](C)=O)cc2)c1. The van der Waals surface area contributed by atoms with Crippen molar-refractivity contribution in [3.8, 4) is 0 Å². The first-order valence-electron chi connectivity index (χ1n) is 7.14. The maximum atomic E-state index is 11.4. The molecule has 2 aromatic rings. The third kappa shape index (κ3) is 4.82. The Morgan fingerprint density at radius 3 is 2.39 bits per heavy atom. The molecule has 2 aromatic carbocycles. The highest BCUT2D eigenvalue weighted by molar-refractivity contribution is 7.84. The van der Waals surface area contributed by atoms with Crippen LogP contribution in [-0.2, 0) is 15.5 Å². The van der Waals surface area contributed by atoms with E-state index in [1.54, 1.807) is 12.3 Å². The number of nitrogens with one attached hydrogen (secondary N) is 2. The van der Waals surface area contributed by atoms with Gasteiger partial charge in [-0.15, -0.1) is 0 Å². The first kappa shape index (κ1) is 17.0. The molecular weight excluding hydrogens is 312 g/mol. The van der Waals surface area contributed by atoms with Crippen LogP contribution >= 0.6 is 0 Å². The number of benzene rings is 2. The second-order valence-corrected chi connectivity index (χ2v) is 6.47. The van der Waals surface area contributed by atoms with Gasteiger partial charge >= 0.3 is 6.09 Å². The van der Waals surface area contributed by atoms with Gasteiger partial charge in [-0.1, -0.05) is 18.2 Å². The highest BCUT2D eigenvalue weighted by atomic mass is 32.2. The summed E-state index contributed by atoms with van der Waals surface area (Å²) in [6.45, 7) is 2.04. The average Bonchev–Trinajstić information content (AvgIpc) is 2.55. The lowest BCUT2D eigenvalue weighted by Gasteiger charge is -2.17. The first-order chi connectivity index (χ1) is 11.0. The second-order valence-electron chi connectivity index (χ2n) is 5.09. The van der Waals surface area contributed by atoms with E-state index in [4.69, 9.17) is 0 Å². The summed E-state index contributed by atoms with van der Waals surface area (Å²) in [6, 6.07) is 15.1. The lowest BCUT2D eigenvalue weighted by molar-refractivity contribution is 0.187. The van der Waals surface area contributed by atoms with E-state index in [0.29, 0.717) is 5.69 Å². The number of amides is 1. The minimum atomic E-state index is -0.971. The van der Waals surface area contributed by atoms with Gasteiger partial charge in [-0.25, -0.2) is 4.79 Å². The van der Waals surface area contributed by atoms with Crippen molar-refractivity contribution in [2.75, 3.05) is 24.0 Å². The van der Waals surface area contributed by atoms with Gasteiger partial charge in [-0.05, 0) is 42.8 Å². The molecule has 1 amide bonds. The molecule has 0 unspecified atom stereocenters. The molecule has 0 saturated heterocycles. The largest absolute Gasteiger partial charge is 0.453 e. The van der Waals surface area contributed by atoms with Gasteiger partial charge in [0, 0.05) is 39.4 Å². The molecule has 6 heteroatoms. The maximum Gasteiger partial charge on any atom is 0.411 e. The maximum absolute atomic E-state index is 11.4. The molecule has 0 aliphatic rings. The van der Waals surface area contributed by atoms with E-state index in [1.165, 1.54) is 7.11 Å². The fourth-order valence-corrected chi connectivity index (χ4v) is 2.66. The van der Waals surface area contributed by atoms with E-state index in [1.807, 2.05) is 49.4 Å². The monoisotopic (exact) mass is 332 g/mol. The van der Waals surface area contributed by atoms with Gasteiger partial charge in [-0.2, -0.15) is 0 Å². The number of hydrogen-bond acceptors (Lipinski definition) is 4. The van der Waals surface area contributed by atoms with E-state index >= 15 is 0 Å². The Morgan fingerprint density at radius 1 is 1.13 bits per heavy atom. The summed E-state index contributed by atoms with van der Waals surface area (Å²) in [4.78, 5) is 12.1. The molecule has 0 aliphatic heterocycles. The third-order valence-corrected chi connectivity index (χ3v) is 4.33. The summed E-state index contributed by atoms with van der Waals surface area (Å²) in [5, 5.41) is 6.00. The Labute approximate surface area is 138 Å². The van der Waals surface area contributed by atoms with Gasteiger partial charge in [0.1, 0.15) is 0 Å². The predicted octanol–water partition coefficient (Wildman–Crippen LogP) is 3.78. The van der Waals surface area contributed by atoms with Crippen LogP contribution in [0.1, 0.15) is 18.5 Å². The van der Waals surface area contributed by atoms with Crippen molar-refractivity contribution in [1.82, 2.24) is 0 Å². The molecule has 0 aromatic heterocycles. The molecule has 0 bridgehead atoms. The Morgan fingerprint density at radius 2 is 1.78 bits per heavy atom. The molecule has 2 rings (SSSR count). The summed E-state index contributed by atoms with van der Waals surface area (Å²) in [7, 11) is 0.355. The molecule has 0 saturated carbocycles. The zero-order valence-electron chi connectivity index (χ0n) is 13.3. The first-order valence-corrected chi connectivity index (χ1v) is 8.70. The molecule has 0 heterocycles. The smallest absolute Gasteiger partial charge is 0.411 e. The van der Waals surface area contributed by atoms with E-state index in [2.05, 4.69) is 15.4 Å². The van der Waals surface area contributed by atoms with Crippen molar-refractivity contribution in [1.29, 1.82) is 0 Å². The predicted molar refractivity (Wildman–Crippen MR) is 93.3 cm³/mol. The molecule has 122 valence electrons. The third-order valence-electron chi connectivity index (χ3n) is 3.39. The Balaban J connectivity index is 2.07. The van der Waals surface area contributed by atoms with Gasteiger partial charge in [-0.3, -0.25) is 9.53 Å². The van der Waals surface area contributed by atoms with Gasteiger partial charge in [0.15, 0.2) is 0 Å². The van der Waals surface area contributed by atoms with Gasteiger partial charge in [0.05, 0.1) is 7.11 Å². The van der Waals surface area contributed by atoms with Crippen LogP contribution in [0.4, 0.5) is 16.2 Å². The van der Waals surface area contributed by atoms with Gasteiger partial charge < -0.3 is 10.1 Å². The summed E-state index contributed by atoms with van der Waals surface area (Å²) >= 11 is 0. The highest BCUT2D eigenvalue weighted by Gasteiger charge is 2.07. The van der Waals surface area contributed by atoms with Crippen molar-refractivity contribution in [2.45, 2.75) is 17.9 Å². The Bertz CT molecular complexity index is 701. The number of rotatable bonds is 5. The number of methoxy groups -OCH3 is 1. The molecule has 2 atom stereocenters. The minimum absolute atomic E-state index is 0.0720. The summed E-state index contributed by atoms with van der Waals surface area (Å²) in [6.07, 6.45) is 1.16. The molecular formula is C17H20N2O3S. The number of anilines is 2. The van der Waals surface area contributed by atoms with Crippen LogP contribution in [0.5, 0.6) is 0 Å². The standard InChI is InChI=1S/C17H20N2O3S/c1-12(13-7-9-16(10-8-13)23(3)21)18-14-5-4-6-15(11-14)19-17(20)22-2/h4-12,18H,1-3H3,(H,19,20)/t12-,23-/m1/s1. The average molecular weight is 332 g/mol.